The summed E-state index contributed by atoms with van der Waals surface area (Å²) in [6, 6.07) is 10.8. The Morgan fingerprint density at radius 1 is 1.30 bits per heavy atom. The quantitative estimate of drug-likeness (QED) is 0.910. The highest BCUT2D eigenvalue weighted by Crippen LogP contribution is 2.28. The van der Waals surface area contributed by atoms with Crippen molar-refractivity contribution in [2.75, 3.05) is 26.7 Å². The normalized spacial score (nSPS) is 22.4. The number of benzene rings is 1. The minimum atomic E-state index is 0.114. The molecule has 5 nitrogen and oxygen atoms in total. The van der Waals surface area contributed by atoms with Gasteiger partial charge in [-0.15, -0.1) is 0 Å². The Labute approximate surface area is 142 Å². The molecule has 0 saturated carbocycles. The summed E-state index contributed by atoms with van der Waals surface area (Å²) in [6.07, 6.45) is 1.79. The van der Waals surface area contributed by atoms with Crippen LogP contribution >= 0.6 is 11.6 Å². The van der Waals surface area contributed by atoms with Crippen molar-refractivity contribution in [2.24, 2.45) is 7.05 Å². The molecule has 0 bridgehead atoms. The molecule has 1 aliphatic rings. The van der Waals surface area contributed by atoms with Gasteiger partial charge in [0.15, 0.2) is 0 Å². The van der Waals surface area contributed by atoms with Crippen LogP contribution < -0.4 is 5.32 Å². The van der Waals surface area contributed by atoms with Crippen molar-refractivity contribution in [3.05, 3.63) is 52.8 Å². The van der Waals surface area contributed by atoms with Crippen LogP contribution in [0, 0.1) is 0 Å². The molecule has 3 rings (SSSR count). The van der Waals surface area contributed by atoms with Crippen LogP contribution in [-0.4, -0.2) is 47.5 Å². The fraction of sp³-hybridized carbons (Fsp3) is 0.471. The van der Waals surface area contributed by atoms with Crippen LogP contribution in [0.2, 0.25) is 5.02 Å². The van der Waals surface area contributed by atoms with Gasteiger partial charge in [0.05, 0.1) is 35.7 Å². The molecule has 2 aromatic rings. The lowest BCUT2D eigenvalue weighted by atomic mass is 9.98. The van der Waals surface area contributed by atoms with E-state index in [9.17, 15) is 0 Å². The Morgan fingerprint density at radius 3 is 2.78 bits per heavy atom. The molecule has 0 aliphatic carbocycles. The summed E-state index contributed by atoms with van der Waals surface area (Å²) < 4.78 is 7.84. The average molecular weight is 335 g/mol. The average Bonchev–Trinajstić information content (AvgIpc) is 2.88. The smallest absolute Gasteiger partial charge is 0.0896 e. The summed E-state index contributed by atoms with van der Waals surface area (Å²) in [6.45, 7) is 3.16. The molecular formula is C17H23ClN4O. The Hall–Kier alpha value is -1.40. The summed E-state index contributed by atoms with van der Waals surface area (Å²) in [5.74, 6) is 0. The molecule has 1 saturated heterocycles. The standard InChI is InChI=1S/C17H23ClN4O/c1-21-8-9-23-16(17(21)13-6-4-3-5-7-13)12-19-11-15-14(18)10-20-22(15)2/h3-7,10,16-17,19H,8-9,11-12H2,1-2H3/t16-,17-/m0/s1. The Bertz CT molecular complexity index is 611. The van der Waals surface area contributed by atoms with Crippen LogP contribution in [0.1, 0.15) is 17.3 Å². The highest BCUT2D eigenvalue weighted by molar-refractivity contribution is 6.31. The summed E-state index contributed by atoms with van der Waals surface area (Å²) in [5.41, 5.74) is 2.28. The van der Waals surface area contributed by atoms with Crippen molar-refractivity contribution in [3.63, 3.8) is 0 Å². The van der Waals surface area contributed by atoms with Gasteiger partial charge in [-0.3, -0.25) is 9.58 Å². The maximum Gasteiger partial charge on any atom is 0.0896 e. The Balaban J connectivity index is 1.65. The summed E-state index contributed by atoms with van der Waals surface area (Å²) in [7, 11) is 4.06. The van der Waals surface area contributed by atoms with Gasteiger partial charge in [0.1, 0.15) is 0 Å². The predicted octanol–water partition coefficient (Wildman–Crippen LogP) is 2.23. The van der Waals surface area contributed by atoms with Crippen molar-refractivity contribution in [2.45, 2.75) is 18.7 Å². The number of nitrogens with zero attached hydrogens (tertiary/aromatic N) is 3. The number of aromatic nitrogens is 2. The molecule has 1 fully saturated rings. The van der Waals surface area contributed by atoms with Crippen molar-refractivity contribution in [1.82, 2.24) is 20.0 Å². The van der Waals surface area contributed by atoms with Crippen LogP contribution in [0.5, 0.6) is 0 Å². The first-order chi connectivity index (χ1) is 11.2. The van der Waals surface area contributed by atoms with Crippen molar-refractivity contribution < 1.29 is 4.74 Å². The van der Waals surface area contributed by atoms with Crippen molar-refractivity contribution in [3.8, 4) is 0 Å². The number of hydrogen-bond acceptors (Lipinski definition) is 4. The molecule has 2 heterocycles. The number of likely N-dealkylation sites (N-methyl/N-ethyl adjacent to an activating group) is 1. The van der Waals surface area contributed by atoms with E-state index in [0.717, 1.165) is 25.4 Å². The third kappa shape index (κ3) is 3.75. The SMILES string of the molecule is CN1CCO[C@@H](CNCc2c(Cl)cnn2C)[C@@H]1c1ccccc1. The number of aryl methyl sites for hydroxylation is 1. The van der Waals surface area contributed by atoms with E-state index in [4.69, 9.17) is 16.3 Å². The lowest BCUT2D eigenvalue weighted by Crippen LogP contribution is -2.47. The third-order valence-electron chi connectivity index (χ3n) is 4.39. The first kappa shape index (κ1) is 16.5. The summed E-state index contributed by atoms with van der Waals surface area (Å²) in [5, 5.41) is 8.32. The van der Waals surface area contributed by atoms with Crippen LogP contribution in [0.25, 0.3) is 0 Å². The van der Waals surface area contributed by atoms with Gasteiger partial charge < -0.3 is 10.1 Å². The number of nitrogens with one attached hydrogen (secondary N) is 1. The first-order valence-corrected chi connectivity index (χ1v) is 8.28. The van der Waals surface area contributed by atoms with E-state index in [-0.39, 0.29) is 12.1 Å². The van der Waals surface area contributed by atoms with Crippen LogP contribution in [0.3, 0.4) is 0 Å². The molecule has 1 aromatic carbocycles. The molecule has 2 atom stereocenters. The zero-order valence-electron chi connectivity index (χ0n) is 13.6. The minimum absolute atomic E-state index is 0.114. The lowest BCUT2D eigenvalue weighted by molar-refractivity contribution is -0.0615. The molecule has 1 N–H and O–H groups in total. The van der Waals surface area contributed by atoms with Crippen LogP contribution in [-0.2, 0) is 18.3 Å². The van der Waals surface area contributed by atoms with E-state index in [1.54, 1.807) is 10.9 Å². The molecular weight excluding hydrogens is 312 g/mol. The van der Waals surface area contributed by atoms with Gasteiger partial charge in [0.2, 0.25) is 0 Å². The topological polar surface area (TPSA) is 42.3 Å². The number of rotatable bonds is 5. The summed E-state index contributed by atoms with van der Waals surface area (Å²) in [4.78, 5) is 2.36. The molecule has 0 unspecified atom stereocenters. The molecule has 1 aliphatic heterocycles. The molecule has 0 amide bonds. The fourth-order valence-corrected chi connectivity index (χ4v) is 3.35. The van der Waals surface area contributed by atoms with Gasteiger partial charge in [-0.25, -0.2) is 0 Å². The molecule has 124 valence electrons. The minimum Gasteiger partial charge on any atom is -0.374 e. The van der Waals surface area contributed by atoms with Crippen molar-refractivity contribution >= 4 is 11.6 Å². The fourth-order valence-electron chi connectivity index (χ4n) is 3.12. The van der Waals surface area contributed by atoms with Crippen LogP contribution in [0.4, 0.5) is 0 Å². The van der Waals surface area contributed by atoms with E-state index in [1.165, 1.54) is 5.56 Å². The largest absolute Gasteiger partial charge is 0.374 e. The van der Waals surface area contributed by atoms with Gasteiger partial charge >= 0.3 is 0 Å². The second kappa shape index (κ2) is 7.45. The monoisotopic (exact) mass is 334 g/mol. The number of ether oxygens (including phenoxy) is 1. The molecule has 0 radical (unpaired) electrons. The molecule has 1 aromatic heterocycles. The van der Waals surface area contributed by atoms with E-state index in [2.05, 4.69) is 46.6 Å². The molecule has 6 heteroatoms. The van der Waals surface area contributed by atoms with Gasteiger partial charge in [-0.1, -0.05) is 41.9 Å². The number of halogens is 1. The van der Waals surface area contributed by atoms with E-state index in [1.807, 2.05) is 13.1 Å². The number of hydrogen-bond donors (Lipinski definition) is 1. The van der Waals surface area contributed by atoms with Gasteiger partial charge in [-0.2, -0.15) is 5.10 Å². The zero-order chi connectivity index (χ0) is 16.2. The third-order valence-corrected chi connectivity index (χ3v) is 4.71. The highest BCUT2D eigenvalue weighted by Gasteiger charge is 2.31. The second-order valence-electron chi connectivity index (χ2n) is 5.94. The first-order valence-electron chi connectivity index (χ1n) is 7.90. The predicted molar refractivity (Wildman–Crippen MR) is 91.5 cm³/mol. The van der Waals surface area contributed by atoms with E-state index < -0.39 is 0 Å². The van der Waals surface area contributed by atoms with Gasteiger partial charge in [0.25, 0.3) is 0 Å². The van der Waals surface area contributed by atoms with Crippen LogP contribution in [0.15, 0.2) is 36.5 Å². The molecule has 23 heavy (non-hydrogen) atoms. The Morgan fingerprint density at radius 2 is 2.09 bits per heavy atom. The van der Waals surface area contributed by atoms with E-state index >= 15 is 0 Å². The number of morpholine rings is 1. The van der Waals surface area contributed by atoms with Crippen molar-refractivity contribution in [1.29, 1.82) is 0 Å². The molecule has 0 spiro atoms. The lowest BCUT2D eigenvalue weighted by Gasteiger charge is -2.39. The second-order valence-corrected chi connectivity index (χ2v) is 6.35. The van der Waals surface area contributed by atoms with Gasteiger partial charge in [0, 0.05) is 26.7 Å². The summed E-state index contributed by atoms with van der Waals surface area (Å²) >= 11 is 6.15. The van der Waals surface area contributed by atoms with Gasteiger partial charge in [-0.05, 0) is 12.6 Å². The zero-order valence-corrected chi connectivity index (χ0v) is 14.3. The highest BCUT2D eigenvalue weighted by atomic mass is 35.5. The van der Waals surface area contributed by atoms with E-state index in [0.29, 0.717) is 11.6 Å². The Kier molecular flexibility index (Phi) is 5.33. The maximum absolute atomic E-state index is 6.15. The maximum atomic E-state index is 6.15.